The van der Waals surface area contributed by atoms with Gasteiger partial charge in [0.15, 0.2) is 0 Å². The molecule has 20 heavy (non-hydrogen) atoms. The molecule has 0 heterocycles. The molecule has 0 amide bonds. The highest BCUT2D eigenvalue weighted by Gasteiger charge is 2.10. The molecule has 1 rings (SSSR count). The van der Waals surface area contributed by atoms with Crippen molar-refractivity contribution in [3.8, 4) is 5.75 Å². The van der Waals surface area contributed by atoms with Crippen LogP contribution in [-0.4, -0.2) is 41.7 Å². The maximum absolute atomic E-state index is 8.55. The number of benzene rings is 1. The van der Waals surface area contributed by atoms with Gasteiger partial charge in [0.25, 0.3) is 0 Å². The van der Waals surface area contributed by atoms with E-state index in [9.17, 15) is 0 Å². The average Bonchev–Trinajstić information content (AvgIpc) is 2.41. The first kappa shape index (κ1) is 16.8. The monoisotopic (exact) mass is 343 g/mol. The van der Waals surface area contributed by atoms with Crippen LogP contribution < -0.4 is 10.5 Å². The lowest BCUT2D eigenvalue weighted by atomic mass is 10.2. The van der Waals surface area contributed by atoms with Crippen molar-refractivity contribution in [1.29, 1.82) is 0 Å². The first-order valence-electron chi connectivity index (χ1n) is 6.61. The van der Waals surface area contributed by atoms with Gasteiger partial charge >= 0.3 is 0 Å². The fraction of sp³-hybridized carbons (Fsp3) is 0.500. The van der Waals surface area contributed by atoms with E-state index in [-0.39, 0.29) is 5.84 Å². The first-order valence-corrected chi connectivity index (χ1v) is 7.41. The molecule has 1 aromatic rings. The molecule has 0 aliphatic rings. The minimum atomic E-state index is 0.253. The van der Waals surface area contributed by atoms with Crippen LogP contribution >= 0.6 is 15.9 Å². The number of rotatable bonds is 8. The van der Waals surface area contributed by atoms with Crippen molar-refractivity contribution in [2.45, 2.75) is 26.3 Å². The normalized spacial score (nSPS) is 12.2. The highest BCUT2D eigenvalue weighted by Crippen LogP contribution is 2.17. The number of nitrogens with zero attached hydrogens (tertiary/aromatic N) is 2. The van der Waals surface area contributed by atoms with Gasteiger partial charge < -0.3 is 15.7 Å². The summed E-state index contributed by atoms with van der Waals surface area (Å²) >= 11 is 3.41. The predicted molar refractivity (Wildman–Crippen MR) is 84.4 cm³/mol. The number of nitrogens with two attached hydrogens (primary N) is 1. The van der Waals surface area contributed by atoms with E-state index < -0.39 is 0 Å². The molecule has 0 atom stereocenters. The molecule has 0 aliphatic carbocycles. The summed E-state index contributed by atoms with van der Waals surface area (Å²) in [4.78, 5) is 2.23. The molecule has 112 valence electrons. The standard InChI is InChI=1S/C14H22BrN3O2/c1-11(2)18(7-6-14(16)17-19)8-9-20-13-5-3-4-12(15)10-13/h3-5,10-11,19H,6-9H2,1-2H3,(H2,16,17). The fourth-order valence-corrected chi connectivity index (χ4v) is 2.15. The molecular formula is C14H22BrN3O2. The van der Waals surface area contributed by atoms with Crippen LogP contribution in [0.5, 0.6) is 5.75 Å². The van der Waals surface area contributed by atoms with Crippen molar-refractivity contribution in [1.82, 2.24) is 4.90 Å². The summed E-state index contributed by atoms with van der Waals surface area (Å²) in [5.74, 6) is 1.10. The summed E-state index contributed by atoms with van der Waals surface area (Å²) < 4.78 is 6.72. The molecule has 0 saturated heterocycles. The van der Waals surface area contributed by atoms with Gasteiger partial charge in [0.05, 0.1) is 0 Å². The number of amidine groups is 1. The van der Waals surface area contributed by atoms with Gasteiger partial charge in [-0.3, -0.25) is 4.90 Å². The molecule has 0 aromatic heterocycles. The highest BCUT2D eigenvalue weighted by atomic mass is 79.9. The van der Waals surface area contributed by atoms with Gasteiger partial charge in [-0.2, -0.15) is 0 Å². The van der Waals surface area contributed by atoms with E-state index in [1.807, 2.05) is 24.3 Å². The van der Waals surface area contributed by atoms with Crippen LogP contribution in [0.3, 0.4) is 0 Å². The molecule has 5 nitrogen and oxygen atoms in total. The summed E-state index contributed by atoms with van der Waals surface area (Å²) in [5.41, 5.74) is 5.49. The number of oxime groups is 1. The van der Waals surface area contributed by atoms with Crippen molar-refractivity contribution in [3.05, 3.63) is 28.7 Å². The van der Waals surface area contributed by atoms with Crippen LogP contribution in [0.15, 0.2) is 33.9 Å². The number of halogens is 1. The third kappa shape index (κ3) is 6.25. The Hall–Kier alpha value is -1.27. The largest absolute Gasteiger partial charge is 0.492 e. The Morgan fingerprint density at radius 1 is 1.45 bits per heavy atom. The Balaban J connectivity index is 2.39. The number of ether oxygens (including phenoxy) is 1. The van der Waals surface area contributed by atoms with Gasteiger partial charge in [0.1, 0.15) is 18.2 Å². The summed E-state index contributed by atoms with van der Waals surface area (Å²) in [5, 5.41) is 11.5. The molecule has 0 unspecified atom stereocenters. The summed E-state index contributed by atoms with van der Waals surface area (Å²) in [7, 11) is 0. The van der Waals surface area contributed by atoms with Crippen molar-refractivity contribution in [3.63, 3.8) is 0 Å². The second-order valence-electron chi connectivity index (χ2n) is 4.78. The van der Waals surface area contributed by atoms with E-state index in [0.29, 0.717) is 19.1 Å². The second kappa shape index (κ2) is 8.81. The van der Waals surface area contributed by atoms with Crippen LogP contribution in [0.4, 0.5) is 0 Å². The van der Waals surface area contributed by atoms with E-state index in [4.69, 9.17) is 15.7 Å². The molecular weight excluding hydrogens is 322 g/mol. The van der Waals surface area contributed by atoms with Crippen LogP contribution in [0, 0.1) is 0 Å². The predicted octanol–water partition coefficient (Wildman–Crippen LogP) is 2.67. The SMILES string of the molecule is CC(C)N(CCOc1cccc(Br)c1)CCC(N)=NO. The Bertz CT molecular complexity index is 438. The smallest absolute Gasteiger partial charge is 0.140 e. The quantitative estimate of drug-likeness (QED) is 0.329. The zero-order valence-corrected chi connectivity index (χ0v) is 13.5. The van der Waals surface area contributed by atoms with E-state index in [0.717, 1.165) is 23.3 Å². The Kier molecular flexibility index (Phi) is 7.40. The molecule has 0 bridgehead atoms. The van der Waals surface area contributed by atoms with Crippen LogP contribution in [0.1, 0.15) is 20.3 Å². The molecule has 0 saturated carbocycles. The van der Waals surface area contributed by atoms with Crippen LogP contribution in [0.2, 0.25) is 0 Å². The Labute approximate surface area is 128 Å². The summed E-state index contributed by atoms with van der Waals surface area (Å²) in [6.07, 6.45) is 0.547. The van der Waals surface area contributed by atoms with Gasteiger partial charge in [-0.15, -0.1) is 0 Å². The summed E-state index contributed by atoms with van der Waals surface area (Å²) in [6.45, 7) is 6.37. The molecule has 3 N–H and O–H groups in total. The molecule has 0 fully saturated rings. The van der Waals surface area contributed by atoms with E-state index in [2.05, 4.69) is 39.8 Å². The third-order valence-electron chi connectivity index (χ3n) is 2.96. The van der Waals surface area contributed by atoms with Crippen molar-refractivity contribution < 1.29 is 9.94 Å². The molecule has 0 spiro atoms. The lowest BCUT2D eigenvalue weighted by molar-refractivity contribution is 0.179. The van der Waals surface area contributed by atoms with Gasteiger partial charge in [-0.1, -0.05) is 27.2 Å². The minimum Gasteiger partial charge on any atom is -0.492 e. The minimum absolute atomic E-state index is 0.253. The summed E-state index contributed by atoms with van der Waals surface area (Å²) in [6, 6.07) is 8.16. The maximum atomic E-state index is 8.55. The van der Waals surface area contributed by atoms with Gasteiger partial charge in [0.2, 0.25) is 0 Å². The maximum Gasteiger partial charge on any atom is 0.140 e. The molecule has 0 aliphatic heterocycles. The number of hydrogen-bond donors (Lipinski definition) is 2. The third-order valence-corrected chi connectivity index (χ3v) is 3.45. The van der Waals surface area contributed by atoms with E-state index in [1.165, 1.54) is 0 Å². The van der Waals surface area contributed by atoms with Crippen LogP contribution in [0.25, 0.3) is 0 Å². The van der Waals surface area contributed by atoms with E-state index >= 15 is 0 Å². The lowest BCUT2D eigenvalue weighted by Gasteiger charge is -2.26. The topological polar surface area (TPSA) is 71.1 Å². The van der Waals surface area contributed by atoms with Crippen molar-refractivity contribution >= 4 is 21.8 Å². The molecule has 0 radical (unpaired) electrons. The van der Waals surface area contributed by atoms with Gasteiger partial charge in [0, 0.05) is 30.0 Å². The Morgan fingerprint density at radius 3 is 2.80 bits per heavy atom. The van der Waals surface area contributed by atoms with Crippen molar-refractivity contribution in [2.24, 2.45) is 10.9 Å². The molecule has 6 heteroatoms. The van der Waals surface area contributed by atoms with Crippen LogP contribution in [-0.2, 0) is 0 Å². The zero-order valence-electron chi connectivity index (χ0n) is 11.9. The molecule has 1 aromatic carbocycles. The zero-order chi connectivity index (χ0) is 15.0. The van der Waals surface area contributed by atoms with Gasteiger partial charge in [-0.05, 0) is 32.0 Å². The van der Waals surface area contributed by atoms with E-state index in [1.54, 1.807) is 0 Å². The van der Waals surface area contributed by atoms with Gasteiger partial charge in [-0.25, -0.2) is 0 Å². The average molecular weight is 344 g/mol. The van der Waals surface area contributed by atoms with Crippen molar-refractivity contribution in [2.75, 3.05) is 19.7 Å². The Morgan fingerprint density at radius 2 is 2.20 bits per heavy atom. The second-order valence-corrected chi connectivity index (χ2v) is 5.69. The fourth-order valence-electron chi connectivity index (χ4n) is 1.77. The highest BCUT2D eigenvalue weighted by molar-refractivity contribution is 9.10. The number of hydrogen-bond acceptors (Lipinski definition) is 4. The first-order chi connectivity index (χ1) is 9.52. The lowest BCUT2D eigenvalue weighted by Crippen LogP contribution is -2.37.